The molecule has 0 radical (unpaired) electrons. The Hall–Kier alpha value is -1.31. The minimum Gasteiger partial charge on any atom is -0.465 e. The number of anilines is 1. The van der Waals surface area contributed by atoms with Crippen molar-refractivity contribution >= 4 is 35.1 Å². The Morgan fingerprint density at radius 1 is 1.53 bits per heavy atom. The fourth-order valence-electron chi connectivity index (χ4n) is 2.18. The van der Waals surface area contributed by atoms with E-state index < -0.39 is 6.09 Å². The summed E-state index contributed by atoms with van der Waals surface area (Å²) in [6.07, 6.45) is -0.607. The van der Waals surface area contributed by atoms with Crippen LogP contribution >= 0.6 is 23.2 Å². The van der Waals surface area contributed by atoms with Gasteiger partial charge in [-0.1, -0.05) is 11.6 Å². The third-order valence-electron chi connectivity index (χ3n) is 2.90. The van der Waals surface area contributed by atoms with Gasteiger partial charge in [-0.05, 0) is 18.0 Å². The van der Waals surface area contributed by atoms with Crippen LogP contribution in [0.2, 0.25) is 10.4 Å². The number of amides is 1. The van der Waals surface area contributed by atoms with Crippen molar-refractivity contribution in [2.75, 3.05) is 18.1 Å². The summed E-state index contributed by atoms with van der Waals surface area (Å²) in [6, 6.07) is 1.01. The van der Waals surface area contributed by atoms with Gasteiger partial charge >= 0.3 is 6.09 Å². The minimum absolute atomic E-state index is 0.00818. The zero-order valence-electron chi connectivity index (χ0n) is 9.75. The smallest absolute Gasteiger partial charge is 0.404 e. The topological polar surface area (TPSA) is 98.6 Å². The molecule has 2 heterocycles. The normalized spacial score (nSPS) is 22.6. The van der Waals surface area contributed by atoms with E-state index in [1.54, 1.807) is 4.90 Å². The highest BCUT2D eigenvalue weighted by molar-refractivity contribution is 6.32. The van der Waals surface area contributed by atoms with E-state index in [2.05, 4.69) is 15.3 Å². The Bertz CT molecular complexity index is 468. The molecule has 1 aromatic rings. The molecule has 0 saturated carbocycles. The number of carboxylic acid groups (broad SMARTS) is 1. The number of nitrogens with zero attached hydrogens (tertiary/aromatic N) is 3. The van der Waals surface area contributed by atoms with Crippen LogP contribution < -0.4 is 10.2 Å². The molecule has 3 N–H and O–H groups in total. The van der Waals surface area contributed by atoms with E-state index in [-0.39, 0.29) is 29.1 Å². The van der Waals surface area contributed by atoms with Gasteiger partial charge in [-0.15, -0.1) is 0 Å². The maximum absolute atomic E-state index is 10.6. The van der Waals surface area contributed by atoms with Gasteiger partial charge in [0.2, 0.25) is 5.28 Å². The molecule has 1 amide bonds. The van der Waals surface area contributed by atoms with Crippen LogP contribution in [0.4, 0.5) is 10.6 Å². The molecule has 0 aliphatic carbocycles. The first-order valence-electron chi connectivity index (χ1n) is 5.56. The first-order valence-corrected chi connectivity index (χ1v) is 6.32. The van der Waals surface area contributed by atoms with E-state index >= 15 is 0 Å². The predicted molar refractivity (Wildman–Crippen MR) is 69.8 cm³/mol. The van der Waals surface area contributed by atoms with Crippen molar-refractivity contribution in [3.63, 3.8) is 0 Å². The fourth-order valence-corrected chi connectivity index (χ4v) is 2.57. The molecule has 0 spiro atoms. The van der Waals surface area contributed by atoms with Crippen LogP contribution in [-0.2, 0) is 0 Å². The minimum atomic E-state index is -1.10. The molecule has 1 aromatic heterocycles. The lowest BCUT2D eigenvalue weighted by molar-refractivity contribution is 0.190. The van der Waals surface area contributed by atoms with Crippen LogP contribution in [0.5, 0.6) is 0 Å². The number of carbonyl (C=O) groups is 1. The zero-order chi connectivity index (χ0) is 14.0. The molecule has 1 aliphatic heterocycles. The summed E-state index contributed by atoms with van der Waals surface area (Å²) >= 11 is 11.5. The first kappa shape index (κ1) is 14.1. The van der Waals surface area contributed by atoms with Crippen molar-refractivity contribution in [2.24, 2.45) is 0 Å². The van der Waals surface area contributed by atoms with E-state index in [9.17, 15) is 9.90 Å². The number of halogens is 2. The Balaban J connectivity index is 2.20. The SMILES string of the molecule is O=C(O)N[C@H]1C[C@H](CO)N(c2cc(Cl)nc(Cl)n2)C1. The van der Waals surface area contributed by atoms with Gasteiger partial charge < -0.3 is 20.4 Å². The average Bonchev–Trinajstić information content (AvgIpc) is 2.69. The summed E-state index contributed by atoms with van der Waals surface area (Å²) in [5.74, 6) is 0.471. The third kappa shape index (κ3) is 3.37. The van der Waals surface area contributed by atoms with E-state index in [1.807, 2.05) is 0 Å². The highest BCUT2D eigenvalue weighted by Crippen LogP contribution is 2.26. The number of hydrogen-bond acceptors (Lipinski definition) is 5. The molecule has 0 aromatic carbocycles. The predicted octanol–water partition coefficient (Wildman–Crippen LogP) is 0.991. The Morgan fingerprint density at radius 2 is 2.26 bits per heavy atom. The van der Waals surface area contributed by atoms with Gasteiger partial charge in [-0.25, -0.2) is 14.8 Å². The number of hydrogen-bond donors (Lipinski definition) is 3. The molecule has 0 bridgehead atoms. The maximum atomic E-state index is 10.6. The van der Waals surface area contributed by atoms with Gasteiger partial charge in [0.05, 0.1) is 18.7 Å². The Kier molecular flexibility index (Phi) is 4.28. The molecule has 0 unspecified atom stereocenters. The third-order valence-corrected chi connectivity index (χ3v) is 3.26. The lowest BCUT2D eigenvalue weighted by Gasteiger charge is -2.23. The maximum Gasteiger partial charge on any atom is 0.404 e. The molecular formula is C10H12Cl2N4O3. The van der Waals surface area contributed by atoms with Crippen molar-refractivity contribution < 1.29 is 15.0 Å². The Labute approximate surface area is 119 Å². The lowest BCUT2D eigenvalue weighted by atomic mass is 10.2. The van der Waals surface area contributed by atoms with Crippen molar-refractivity contribution in [3.05, 3.63) is 16.5 Å². The van der Waals surface area contributed by atoms with Gasteiger partial charge in [-0.3, -0.25) is 0 Å². The van der Waals surface area contributed by atoms with Crippen LogP contribution in [-0.4, -0.2) is 51.5 Å². The van der Waals surface area contributed by atoms with Crippen molar-refractivity contribution in [1.82, 2.24) is 15.3 Å². The van der Waals surface area contributed by atoms with Crippen molar-refractivity contribution in [1.29, 1.82) is 0 Å². The number of aliphatic hydroxyl groups is 1. The second-order valence-electron chi connectivity index (χ2n) is 4.19. The number of aromatic nitrogens is 2. The molecular weight excluding hydrogens is 295 g/mol. The van der Waals surface area contributed by atoms with Gasteiger partial charge in [0.25, 0.3) is 0 Å². The molecule has 9 heteroatoms. The van der Waals surface area contributed by atoms with Gasteiger partial charge in [0.15, 0.2) is 0 Å². The van der Waals surface area contributed by atoms with Crippen molar-refractivity contribution in [2.45, 2.75) is 18.5 Å². The quantitative estimate of drug-likeness (QED) is 0.569. The van der Waals surface area contributed by atoms with E-state index in [0.717, 1.165) is 0 Å². The summed E-state index contributed by atoms with van der Waals surface area (Å²) < 4.78 is 0. The fraction of sp³-hybridized carbons (Fsp3) is 0.500. The summed E-state index contributed by atoms with van der Waals surface area (Å²) in [4.78, 5) is 20.2. The molecule has 2 atom stereocenters. The van der Waals surface area contributed by atoms with E-state index in [1.165, 1.54) is 6.07 Å². The summed E-state index contributed by atoms with van der Waals surface area (Å²) in [5.41, 5.74) is 0. The highest BCUT2D eigenvalue weighted by Gasteiger charge is 2.33. The van der Waals surface area contributed by atoms with Crippen LogP contribution in [0.25, 0.3) is 0 Å². The number of aliphatic hydroxyl groups excluding tert-OH is 1. The lowest BCUT2D eigenvalue weighted by Crippen LogP contribution is -2.36. The zero-order valence-corrected chi connectivity index (χ0v) is 11.3. The molecule has 19 heavy (non-hydrogen) atoms. The largest absolute Gasteiger partial charge is 0.465 e. The molecule has 1 saturated heterocycles. The summed E-state index contributed by atoms with van der Waals surface area (Å²) in [5, 5.41) is 20.7. The van der Waals surface area contributed by atoms with E-state index in [0.29, 0.717) is 18.8 Å². The van der Waals surface area contributed by atoms with Crippen LogP contribution in [0.3, 0.4) is 0 Å². The highest BCUT2D eigenvalue weighted by atomic mass is 35.5. The average molecular weight is 307 g/mol. The number of rotatable bonds is 3. The molecule has 2 rings (SSSR count). The van der Waals surface area contributed by atoms with Crippen LogP contribution in [0, 0.1) is 0 Å². The van der Waals surface area contributed by atoms with Crippen LogP contribution in [0.1, 0.15) is 6.42 Å². The monoisotopic (exact) mass is 306 g/mol. The Morgan fingerprint density at radius 3 is 2.84 bits per heavy atom. The van der Waals surface area contributed by atoms with Crippen molar-refractivity contribution in [3.8, 4) is 0 Å². The van der Waals surface area contributed by atoms with E-state index in [4.69, 9.17) is 28.3 Å². The van der Waals surface area contributed by atoms with Gasteiger partial charge in [-0.2, -0.15) is 0 Å². The first-order chi connectivity index (χ1) is 8.99. The summed E-state index contributed by atoms with van der Waals surface area (Å²) in [6.45, 7) is 0.276. The van der Waals surface area contributed by atoms with Gasteiger partial charge in [0.1, 0.15) is 11.0 Å². The second-order valence-corrected chi connectivity index (χ2v) is 4.91. The molecule has 1 aliphatic rings. The molecule has 1 fully saturated rings. The van der Waals surface area contributed by atoms with Crippen LogP contribution in [0.15, 0.2) is 6.07 Å². The molecule has 104 valence electrons. The second kappa shape index (κ2) is 5.77. The van der Waals surface area contributed by atoms with Gasteiger partial charge in [0, 0.05) is 12.6 Å². The summed E-state index contributed by atoms with van der Waals surface area (Å²) in [7, 11) is 0. The molecule has 7 nitrogen and oxygen atoms in total. The standard InChI is InChI=1S/C10H12Cl2N4O3/c11-7-2-8(15-9(12)14-7)16-3-5(13-10(18)19)1-6(16)4-17/h2,5-6,13,17H,1,3-4H2,(H,18,19)/t5-,6+/m0/s1. The number of nitrogens with one attached hydrogen (secondary N) is 1.